The van der Waals surface area contributed by atoms with Crippen molar-refractivity contribution in [2.75, 3.05) is 20.3 Å². The van der Waals surface area contributed by atoms with E-state index in [1.807, 2.05) is 6.19 Å². The number of alkyl halides is 3. The number of nitriles is 1. The summed E-state index contributed by atoms with van der Waals surface area (Å²) in [5.74, 6) is -1.23. The van der Waals surface area contributed by atoms with Crippen LogP contribution in [0.4, 0.5) is 13.2 Å². The van der Waals surface area contributed by atoms with Gasteiger partial charge in [0.2, 0.25) is 5.89 Å². The summed E-state index contributed by atoms with van der Waals surface area (Å²) in [4.78, 5) is 13.8. The Balaban J connectivity index is 1.69. The van der Waals surface area contributed by atoms with E-state index in [4.69, 9.17) is 14.4 Å². The van der Waals surface area contributed by atoms with Gasteiger partial charge < -0.3 is 19.4 Å². The van der Waals surface area contributed by atoms with E-state index in [0.717, 1.165) is 12.1 Å². The number of carbonyl (C=O) groups is 1. The molecule has 0 radical (unpaired) electrons. The lowest BCUT2D eigenvalue weighted by molar-refractivity contribution is -0.137. The molecule has 11 heteroatoms. The maximum atomic E-state index is 12.8. The molecular formula is C17H16F3N5O3. The second-order valence-corrected chi connectivity index (χ2v) is 6.26. The minimum absolute atomic E-state index is 0.0538. The molecule has 1 unspecified atom stereocenters. The predicted molar refractivity (Wildman–Crippen MR) is 88.6 cm³/mol. The zero-order chi connectivity index (χ0) is 20.3. The van der Waals surface area contributed by atoms with Crippen molar-refractivity contribution in [3.8, 4) is 17.6 Å². The SMILES string of the molecule is COCC1C[C@@H](NC(=O)c2nnc(-c3cccc(C(F)(F)F)c3)o2)CN1C#N. The second kappa shape index (κ2) is 7.85. The van der Waals surface area contributed by atoms with Gasteiger partial charge in [0, 0.05) is 25.3 Å². The van der Waals surface area contributed by atoms with E-state index in [2.05, 4.69) is 15.5 Å². The van der Waals surface area contributed by atoms with Gasteiger partial charge >= 0.3 is 18.0 Å². The first-order valence-electron chi connectivity index (χ1n) is 8.29. The molecule has 1 saturated heterocycles. The monoisotopic (exact) mass is 395 g/mol. The second-order valence-electron chi connectivity index (χ2n) is 6.26. The Morgan fingerprint density at radius 3 is 2.93 bits per heavy atom. The molecule has 1 amide bonds. The molecule has 1 aliphatic heterocycles. The number of hydrogen-bond donors (Lipinski definition) is 1. The predicted octanol–water partition coefficient (Wildman–Crippen LogP) is 2.06. The number of hydrogen-bond acceptors (Lipinski definition) is 7. The van der Waals surface area contributed by atoms with Crippen molar-refractivity contribution in [1.29, 1.82) is 5.26 Å². The Labute approximate surface area is 157 Å². The molecule has 1 aromatic heterocycles. The van der Waals surface area contributed by atoms with Crippen molar-refractivity contribution in [2.24, 2.45) is 0 Å². The highest BCUT2D eigenvalue weighted by Crippen LogP contribution is 2.31. The highest BCUT2D eigenvalue weighted by Gasteiger charge is 2.34. The van der Waals surface area contributed by atoms with Gasteiger partial charge in [0.25, 0.3) is 0 Å². The van der Waals surface area contributed by atoms with Crippen LogP contribution in [0.25, 0.3) is 11.5 Å². The summed E-state index contributed by atoms with van der Waals surface area (Å²) < 4.78 is 48.8. The van der Waals surface area contributed by atoms with Crippen LogP contribution in [0, 0.1) is 11.5 Å². The van der Waals surface area contributed by atoms with Gasteiger partial charge in [-0.1, -0.05) is 6.07 Å². The van der Waals surface area contributed by atoms with Crippen LogP contribution in [0.5, 0.6) is 0 Å². The van der Waals surface area contributed by atoms with Gasteiger partial charge in [-0.25, -0.2) is 0 Å². The summed E-state index contributed by atoms with van der Waals surface area (Å²) in [5, 5.41) is 19.1. The number of ether oxygens (including phenoxy) is 1. The fourth-order valence-corrected chi connectivity index (χ4v) is 3.00. The summed E-state index contributed by atoms with van der Waals surface area (Å²) >= 11 is 0. The summed E-state index contributed by atoms with van der Waals surface area (Å²) in [7, 11) is 1.52. The summed E-state index contributed by atoms with van der Waals surface area (Å²) in [6.45, 7) is 0.658. The Hall–Kier alpha value is -3.13. The lowest BCUT2D eigenvalue weighted by atomic mass is 10.1. The van der Waals surface area contributed by atoms with E-state index >= 15 is 0 Å². The third-order valence-electron chi connectivity index (χ3n) is 4.29. The largest absolute Gasteiger partial charge is 0.416 e. The van der Waals surface area contributed by atoms with E-state index in [0.29, 0.717) is 19.6 Å². The van der Waals surface area contributed by atoms with Gasteiger partial charge in [0.15, 0.2) is 6.19 Å². The number of nitrogens with one attached hydrogen (secondary N) is 1. The smallest absolute Gasteiger partial charge is 0.412 e. The first kappa shape index (κ1) is 19.6. The highest BCUT2D eigenvalue weighted by molar-refractivity contribution is 5.90. The van der Waals surface area contributed by atoms with E-state index in [9.17, 15) is 18.0 Å². The average molecular weight is 395 g/mol. The molecule has 3 rings (SSSR count). The number of likely N-dealkylation sites (tertiary alicyclic amines) is 1. The van der Waals surface area contributed by atoms with Gasteiger partial charge in [0.1, 0.15) is 0 Å². The quantitative estimate of drug-likeness (QED) is 0.773. The normalized spacial score (nSPS) is 19.5. The number of amides is 1. The topological polar surface area (TPSA) is 104 Å². The van der Waals surface area contributed by atoms with Crippen LogP contribution >= 0.6 is 0 Å². The maximum absolute atomic E-state index is 12.8. The standard InChI is InChI=1S/C17H16F3N5O3/c1-27-8-13-6-12(7-25(13)9-21)22-14(26)16-24-23-15(28-16)10-3-2-4-11(5-10)17(18,19)20/h2-5,12-13H,6-8H2,1H3,(H,22,26)/t12-,13?/m1/s1. The summed E-state index contributed by atoms with van der Waals surface area (Å²) in [5.41, 5.74) is -0.806. The number of halogens is 3. The molecule has 0 aliphatic carbocycles. The molecule has 0 saturated carbocycles. The third kappa shape index (κ3) is 4.23. The van der Waals surface area contributed by atoms with E-state index < -0.39 is 17.6 Å². The first-order valence-corrected chi connectivity index (χ1v) is 8.29. The van der Waals surface area contributed by atoms with Crippen molar-refractivity contribution in [3.63, 3.8) is 0 Å². The van der Waals surface area contributed by atoms with Crippen LogP contribution in [0.2, 0.25) is 0 Å². The van der Waals surface area contributed by atoms with Crippen molar-refractivity contribution in [2.45, 2.75) is 24.7 Å². The Morgan fingerprint density at radius 1 is 1.46 bits per heavy atom. The molecule has 2 atom stereocenters. The van der Waals surface area contributed by atoms with Crippen LogP contribution in [-0.4, -0.2) is 53.3 Å². The first-order chi connectivity index (χ1) is 13.3. The molecule has 1 N–H and O–H groups in total. The van der Waals surface area contributed by atoms with Crippen molar-refractivity contribution >= 4 is 5.91 Å². The number of methoxy groups -OCH3 is 1. The zero-order valence-electron chi connectivity index (χ0n) is 14.7. The summed E-state index contributed by atoms with van der Waals surface area (Å²) in [6, 6.07) is 3.91. The molecule has 0 spiro atoms. The molecule has 8 nitrogen and oxygen atoms in total. The van der Waals surface area contributed by atoms with E-state index in [1.54, 1.807) is 0 Å². The molecule has 1 aliphatic rings. The van der Waals surface area contributed by atoms with Crippen LogP contribution in [0.3, 0.4) is 0 Å². The number of nitrogens with zero attached hydrogens (tertiary/aromatic N) is 4. The number of rotatable bonds is 5. The third-order valence-corrected chi connectivity index (χ3v) is 4.29. The molecule has 2 heterocycles. The van der Waals surface area contributed by atoms with Crippen molar-refractivity contribution in [1.82, 2.24) is 20.4 Å². The Kier molecular flexibility index (Phi) is 5.51. The zero-order valence-corrected chi connectivity index (χ0v) is 14.7. The number of carbonyl (C=O) groups excluding carboxylic acids is 1. The van der Waals surface area contributed by atoms with E-state index in [-0.39, 0.29) is 29.4 Å². The average Bonchev–Trinajstić information content (AvgIpc) is 3.29. The summed E-state index contributed by atoms with van der Waals surface area (Å²) in [6.07, 6.45) is -1.96. The van der Waals surface area contributed by atoms with Gasteiger partial charge in [-0.15, -0.1) is 10.2 Å². The van der Waals surface area contributed by atoms with Crippen LogP contribution < -0.4 is 5.32 Å². The molecule has 1 aromatic carbocycles. The fourth-order valence-electron chi connectivity index (χ4n) is 3.00. The van der Waals surface area contributed by atoms with Crippen molar-refractivity contribution in [3.05, 3.63) is 35.7 Å². The van der Waals surface area contributed by atoms with Gasteiger partial charge in [-0.3, -0.25) is 4.79 Å². The van der Waals surface area contributed by atoms with E-state index in [1.165, 1.54) is 24.1 Å². The molecule has 0 bridgehead atoms. The lowest BCUT2D eigenvalue weighted by Crippen LogP contribution is -2.36. The maximum Gasteiger partial charge on any atom is 0.416 e. The van der Waals surface area contributed by atoms with Crippen molar-refractivity contribution < 1.29 is 27.1 Å². The molecule has 28 heavy (non-hydrogen) atoms. The van der Waals surface area contributed by atoms with Crippen LogP contribution in [0.1, 0.15) is 22.7 Å². The Bertz CT molecular complexity index is 893. The van der Waals surface area contributed by atoms with Gasteiger partial charge in [-0.2, -0.15) is 18.4 Å². The van der Waals surface area contributed by atoms with Crippen LogP contribution in [0.15, 0.2) is 28.7 Å². The van der Waals surface area contributed by atoms with Crippen LogP contribution in [-0.2, 0) is 10.9 Å². The molecule has 1 fully saturated rings. The highest BCUT2D eigenvalue weighted by atomic mass is 19.4. The number of benzene rings is 1. The van der Waals surface area contributed by atoms with Gasteiger partial charge in [-0.05, 0) is 24.6 Å². The molecule has 2 aromatic rings. The lowest BCUT2D eigenvalue weighted by Gasteiger charge is -2.15. The molecule has 148 valence electrons. The minimum Gasteiger partial charge on any atom is -0.412 e. The van der Waals surface area contributed by atoms with Gasteiger partial charge in [0.05, 0.1) is 18.2 Å². The minimum atomic E-state index is -4.51. The fraction of sp³-hybridized carbons (Fsp3) is 0.412. The Morgan fingerprint density at radius 2 is 2.25 bits per heavy atom. The molecular weight excluding hydrogens is 379 g/mol. The number of aromatic nitrogens is 2.